The molecule has 1 aromatic heterocycles. The predicted octanol–water partition coefficient (Wildman–Crippen LogP) is 3.25. The number of likely N-dealkylation sites (tertiary alicyclic amines) is 1. The number of nitrogens with zero attached hydrogens (tertiary/aromatic N) is 1. The Kier molecular flexibility index (Phi) is 6.90. The van der Waals surface area contributed by atoms with E-state index in [2.05, 4.69) is 17.6 Å². The Balaban J connectivity index is 1.18. The van der Waals surface area contributed by atoms with Crippen molar-refractivity contribution in [1.82, 2.24) is 15.5 Å². The van der Waals surface area contributed by atoms with E-state index >= 15 is 0 Å². The highest BCUT2D eigenvalue weighted by Crippen LogP contribution is 2.59. The normalized spacial score (nSPS) is 21.3. The molecule has 3 atom stereocenters. The van der Waals surface area contributed by atoms with E-state index in [1.54, 1.807) is 40.6 Å². The number of ether oxygens (including phenoxy) is 1. The molecule has 2 aliphatic rings. The number of hydrogen-bond donors (Lipinski definition) is 4. The molecule has 3 amide bonds. The number of nitrogen functional groups attached to an aromatic ring is 1. The van der Waals surface area contributed by atoms with Crippen molar-refractivity contribution in [2.75, 3.05) is 6.54 Å². The minimum Gasteiger partial charge on any atom is -0.457 e. The number of benzene rings is 2. The molecule has 1 saturated heterocycles. The van der Waals surface area contributed by atoms with Gasteiger partial charge < -0.3 is 26.0 Å². The average molecular weight is 532 g/mol. The molecule has 38 heavy (non-hydrogen) atoms. The zero-order chi connectivity index (χ0) is 26.9. The van der Waals surface area contributed by atoms with E-state index in [0.717, 1.165) is 11.3 Å². The van der Waals surface area contributed by atoms with Gasteiger partial charge in [-0.05, 0) is 54.7 Å². The van der Waals surface area contributed by atoms with Crippen LogP contribution in [-0.2, 0) is 16.1 Å². The van der Waals surface area contributed by atoms with Crippen molar-refractivity contribution >= 4 is 34.9 Å². The lowest BCUT2D eigenvalue weighted by Gasteiger charge is -2.27. The fraction of sp³-hybridized carbons (Fsp3) is 0.286. The monoisotopic (exact) mass is 531 g/mol. The van der Waals surface area contributed by atoms with Crippen molar-refractivity contribution in [2.24, 2.45) is 11.1 Å². The number of nitrogens with two attached hydrogens (primary N) is 1. The first-order valence-corrected chi connectivity index (χ1v) is 13.2. The first-order chi connectivity index (χ1) is 18.2. The first-order valence-electron chi connectivity index (χ1n) is 12.4. The van der Waals surface area contributed by atoms with Gasteiger partial charge in [0.2, 0.25) is 11.8 Å². The summed E-state index contributed by atoms with van der Waals surface area (Å²) in [5.41, 5.74) is 6.44. The molecule has 9 nitrogen and oxygen atoms in total. The number of hydrogen-bond acceptors (Lipinski definition) is 6. The molecule has 3 aromatic rings. The summed E-state index contributed by atoms with van der Waals surface area (Å²) >= 11 is 1.42. The molecule has 0 unspecified atom stereocenters. The van der Waals surface area contributed by atoms with Crippen LogP contribution in [0.3, 0.4) is 0 Å². The summed E-state index contributed by atoms with van der Waals surface area (Å²) in [4.78, 5) is 41.6. The predicted molar refractivity (Wildman–Crippen MR) is 144 cm³/mol. The number of rotatable bonds is 9. The second-order valence-corrected chi connectivity index (χ2v) is 10.9. The van der Waals surface area contributed by atoms with E-state index in [4.69, 9.17) is 15.9 Å². The van der Waals surface area contributed by atoms with Crippen LogP contribution >= 0.6 is 11.3 Å². The molecule has 196 valence electrons. The molecule has 2 aromatic carbocycles. The summed E-state index contributed by atoms with van der Waals surface area (Å²) in [6.07, 6.45) is 1.44. The highest BCUT2D eigenvalue weighted by Gasteiger charge is 2.64. The van der Waals surface area contributed by atoms with Crippen LogP contribution in [0.2, 0.25) is 0 Å². The fourth-order valence-electron chi connectivity index (χ4n) is 4.94. The van der Waals surface area contributed by atoms with E-state index in [0.29, 0.717) is 35.6 Å². The Hall–Kier alpha value is -4.18. The van der Waals surface area contributed by atoms with Crippen molar-refractivity contribution in [1.29, 1.82) is 5.41 Å². The second-order valence-electron chi connectivity index (χ2n) is 9.95. The lowest BCUT2D eigenvalue weighted by atomic mass is 10.0. The standard InChI is InChI=1S/C28H29N5O4S/c1-28-12-22(27(36)31-14-21-11-18(16-38-21)25(29)30)33(23(28)13-28)24(34)15-32-26(35)17-6-5-9-20(10-17)37-19-7-3-2-4-8-19/h2-11,16,22-23H,12-15H2,1H3,(H3,29,30)(H,31,36)(H,32,35)/t22-,23-,28+/m0/s1. The third-order valence-corrected chi connectivity index (χ3v) is 8.04. The number of amides is 3. The Labute approximate surface area is 224 Å². The van der Waals surface area contributed by atoms with Gasteiger partial charge in [-0.2, -0.15) is 0 Å². The molecule has 1 aliphatic heterocycles. The zero-order valence-electron chi connectivity index (χ0n) is 20.9. The first kappa shape index (κ1) is 25.5. The van der Waals surface area contributed by atoms with Crippen LogP contribution in [0.25, 0.3) is 0 Å². The molecule has 1 aliphatic carbocycles. The van der Waals surface area contributed by atoms with Gasteiger partial charge in [-0.15, -0.1) is 11.3 Å². The number of fused-ring (bicyclic) bond motifs is 1. The highest BCUT2D eigenvalue weighted by molar-refractivity contribution is 7.10. The lowest BCUT2D eigenvalue weighted by Crippen LogP contribution is -2.50. The maximum atomic E-state index is 13.2. The average Bonchev–Trinajstić information content (AvgIpc) is 3.23. The van der Waals surface area contributed by atoms with Crippen LogP contribution in [0, 0.1) is 10.8 Å². The molecule has 1 saturated carbocycles. The third kappa shape index (κ3) is 5.40. The number of para-hydroxylation sites is 1. The molecule has 5 rings (SSSR count). The van der Waals surface area contributed by atoms with Gasteiger partial charge in [0.15, 0.2) is 0 Å². The number of carbonyl (C=O) groups excluding carboxylic acids is 3. The molecular weight excluding hydrogens is 502 g/mol. The Morgan fingerprint density at radius 1 is 1.05 bits per heavy atom. The molecule has 10 heteroatoms. The van der Waals surface area contributed by atoms with Gasteiger partial charge in [0.1, 0.15) is 23.4 Å². The molecule has 0 bridgehead atoms. The maximum Gasteiger partial charge on any atom is 0.251 e. The van der Waals surface area contributed by atoms with Crippen LogP contribution < -0.4 is 21.1 Å². The highest BCUT2D eigenvalue weighted by atomic mass is 32.1. The number of piperidine rings is 1. The van der Waals surface area contributed by atoms with Gasteiger partial charge in [-0.3, -0.25) is 19.8 Å². The minimum absolute atomic E-state index is 0.00342. The van der Waals surface area contributed by atoms with Crippen LogP contribution in [0.5, 0.6) is 11.5 Å². The van der Waals surface area contributed by atoms with E-state index in [-0.39, 0.29) is 35.7 Å². The molecule has 0 spiro atoms. The topological polar surface area (TPSA) is 138 Å². The Bertz CT molecular complexity index is 1390. The Morgan fingerprint density at radius 3 is 2.55 bits per heavy atom. The van der Waals surface area contributed by atoms with Crippen LogP contribution in [-0.4, -0.2) is 47.1 Å². The molecule has 2 fully saturated rings. The molecular formula is C28H29N5O4S. The van der Waals surface area contributed by atoms with Crippen molar-refractivity contribution in [3.05, 3.63) is 82.0 Å². The van der Waals surface area contributed by atoms with Gasteiger partial charge in [0, 0.05) is 27.4 Å². The van der Waals surface area contributed by atoms with Gasteiger partial charge in [0.05, 0.1) is 13.1 Å². The van der Waals surface area contributed by atoms with Crippen LogP contribution in [0.4, 0.5) is 0 Å². The fourth-order valence-corrected chi connectivity index (χ4v) is 5.77. The van der Waals surface area contributed by atoms with E-state index < -0.39 is 11.9 Å². The summed E-state index contributed by atoms with van der Waals surface area (Å²) in [5, 5.41) is 14.9. The molecule has 0 radical (unpaired) electrons. The van der Waals surface area contributed by atoms with Crippen molar-refractivity contribution in [3.8, 4) is 11.5 Å². The number of nitrogens with one attached hydrogen (secondary N) is 3. The zero-order valence-corrected chi connectivity index (χ0v) is 21.7. The van der Waals surface area contributed by atoms with Crippen molar-refractivity contribution in [3.63, 3.8) is 0 Å². The molecule has 5 N–H and O–H groups in total. The smallest absolute Gasteiger partial charge is 0.251 e. The van der Waals surface area contributed by atoms with E-state index in [1.165, 1.54) is 11.3 Å². The van der Waals surface area contributed by atoms with Crippen LogP contribution in [0.1, 0.15) is 40.6 Å². The summed E-state index contributed by atoms with van der Waals surface area (Å²) in [7, 11) is 0. The largest absolute Gasteiger partial charge is 0.457 e. The van der Waals surface area contributed by atoms with Crippen molar-refractivity contribution in [2.45, 2.75) is 38.4 Å². The SMILES string of the molecule is C[C@@]12C[C@@H]1N(C(=O)CNC(=O)c1cccc(Oc3ccccc3)c1)[C@H](C(=O)NCc1cc(C(=N)N)cs1)C2. The summed E-state index contributed by atoms with van der Waals surface area (Å²) in [6, 6.07) is 17.2. The summed E-state index contributed by atoms with van der Waals surface area (Å²) in [6.45, 7) is 2.18. The summed E-state index contributed by atoms with van der Waals surface area (Å²) in [5.74, 6) is 0.260. The van der Waals surface area contributed by atoms with E-state index in [9.17, 15) is 14.4 Å². The number of thiophene rings is 1. The van der Waals surface area contributed by atoms with Gasteiger partial charge in [-0.1, -0.05) is 31.2 Å². The van der Waals surface area contributed by atoms with Gasteiger partial charge >= 0.3 is 0 Å². The summed E-state index contributed by atoms with van der Waals surface area (Å²) < 4.78 is 5.80. The van der Waals surface area contributed by atoms with E-state index in [1.807, 2.05) is 30.3 Å². The maximum absolute atomic E-state index is 13.2. The lowest BCUT2D eigenvalue weighted by molar-refractivity contribution is -0.139. The van der Waals surface area contributed by atoms with Gasteiger partial charge in [0.25, 0.3) is 5.91 Å². The number of carbonyl (C=O) groups is 3. The van der Waals surface area contributed by atoms with Crippen molar-refractivity contribution < 1.29 is 19.1 Å². The number of amidine groups is 1. The minimum atomic E-state index is -0.585. The second kappa shape index (κ2) is 10.3. The molecule has 2 heterocycles. The third-order valence-electron chi connectivity index (χ3n) is 7.10. The van der Waals surface area contributed by atoms with Gasteiger partial charge in [-0.25, -0.2) is 0 Å². The Morgan fingerprint density at radius 2 is 1.82 bits per heavy atom. The quantitative estimate of drug-likeness (QED) is 0.248. The van der Waals surface area contributed by atoms with Crippen LogP contribution in [0.15, 0.2) is 66.0 Å².